The molecule has 0 spiro atoms. The molecular weight excluding hydrogens is 427 g/mol. The minimum absolute atomic E-state index is 0.257. The topological polar surface area (TPSA) is 41.8 Å². The SMILES string of the molecule is COc1ccc(-c2cn3cc(C4CCN(C5CCNCC5)[C@@H](C5CC5)C4)cc(C)c3n2)cc1F. The third kappa shape index (κ3) is 4.11. The van der Waals surface area contributed by atoms with Gasteiger partial charge in [-0.3, -0.25) is 4.90 Å². The second-order valence-corrected chi connectivity index (χ2v) is 10.5. The number of aryl methyl sites for hydroxylation is 1. The quantitative estimate of drug-likeness (QED) is 0.568. The summed E-state index contributed by atoms with van der Waals surface area (Å²) in [4.78, 5) is 7.72. The van der Waals surface area contributed by atoms with E-state index < -0.39 is 0 Å². The number of aromatic nitrogens is 2. The van der Waals surface area contributed by atoms with Crippen molar-refractivity contribution in [2.45, 2.75) is 63.5 Å². The fraction of sp³-hybridized carbons (Fsp3) is 0.536. The Kier molecular flexibility index (Phi) is 5.82. The number of likely N-dealkylation sites (tertiary alicyclic amines) is 1. The maximum atomic E-state index is 14.3. The normalized spacial score (nSPS) is 24.6. The Morgan fingerprint density at radius 1 is 1.06 bits per heavy atom. The predicted octanol–water partition coefficient (Wildman–Crippen LogP) is 5.17. The molecule has 1 aliphatic carbocycles. The van der Waals surface area contributed by atoms with Crippen molar-refractivity contribution in [1.82, 2.24) is 19.6 Å². The number of benzene rings is 1. The molecule has 5 nitrogen and oxygen atoms in total. The fourth-order valence-electron chi connectivity index (χ4n) is 6.34. The van der Waals surface area contributed by atoms with E-state index in [1.54, 1.807) is 6.07 Å². The summed E-state index contributed by atoms with van der Waals surface area (Å²) < 4.78 is 21.5. The van der Waals surface area contributed by atoms with E-state index in [4.69, 9.17) is 9.72 Å². The van der Waals surface area contributed by atoms with Crippen LogP contribution in [0.4, 0.5) is 4.39 Å². The number of nitrogens with one attached hydrogen (secondary N) is 1. The van der Waals surface area contributed by atoms with Crippen LogP contribution < -0.4 is 10.1 Å². The molecule has 3 aromatic rings. The number of halogens is 1. The molecule has 3 aliphatic rings. The van der Waals surface area contributed by atoms with Crippen LogP contribution in [-0.2, 0) is 0 Å². The van der Waals surface area contributed by atoms with Crippen molar-refractivity contribution in [2.75, 3.05) is 26.7 Å². The molecule has 2 aliphatic heterocycles. The highest BCUT2D eigenvalue weighted by Crippen LogP contribution is 2.45. The van der Waals surface area contributed by atoms with Crippen LogP contribution in [0.3, 0.4) is 0 Å². The van der Waals surface area contributed by atoms with Gasteiger partial charge in [-0.1, -0.05) is 6.07 Å². The average molecular weight is 463 g/mol. The van der Waals surface area contributed by atoms with E-state index in [1.807, 2.05) is 12.3 Å². The zero-order chi connectivity index (χ0) is 23.2. The lowest BCUT2D eigenvalue weighted by Gasteiger charge is -2.46. The Bertz CT molecular complexity index is 1180. The molecule has 34 heavy (non-hydrogen) atoms. The summed E-state index contributed by atoms with van der Waals surface area (Å²) in [7, 11) is 1.48. The molecule has 2 aromatic heterocycles. The van der Waals surface area contributed by atoms with Crippen LogP contribution >= 0.6 is 0 Å². The molecule has 0 radical (unpaired) electrons. The zero-order valence-corrected chi connectivity index (χ0v) is 20.3. The van der Waals surface area contributed by atoms with E-state index in [0.717, 1.165) is 34.9 Å². The molecule has 1 saturated carbocycles. The fourth-order valence-corrected chi connectivity index (χ4v) is 6.34. The Hall–Kier alpha value is -2.44. The highest BCUT2D eigenvalue weighted by Gasteiger charge is 2.42. The lowest BCUT2D eigenvalue weighted by molar-refractivity contribution is 0.0557. The number of nitrogens with zero attached hydrogens (tertiary/aromatic N) is 3. The van der Waals surface area contributed by atoms with Crippen molar-refractivity contribution >= 4 is 5.65 Å². The summed E-state index contributed by atoms with van der Waals surface area (Å²) >= 11 is 0. The van der Waals surface area contributed by atoms with E-state index in [0.29, 0.717) is 5.92 Å². The van der Waals surface area contributed by atoms with Crippen molar-refractivity contribution in [3.63, 3.8) is 0 Å². The van der Waals surface area contributed by atoms with Crippen LogP contribution in [0.5, 0.6) is 5.75 Å². The maximum absolute atomic E-state index is 14.3. The zero-order valence-electron chi connectivity index (χ0n) is 20.3. The van der Waals surface area contributed by atoms with Crippen molar-refractivity contribution in [1.29, 1.82) is 0 Å². The van der Waals surface area contributed by atoms with Crippen molar-refractivity contribution in [3.05, 3.63) is 53.6 Å². The third-order valence-corrected chi connectivity index (χ3v) is 8.31. The lowest BCUT2D eigenvalue weighted by Crippen LogP contribution is -2.52. The van der Waals surface area contributed by atoms with Crippen LogP contribution in [0.2, 0.25) is 0 Å². The van der Waals surface area contributed by atoms with Crippen molar-refractivity contribution in [3.8, 4) is 17.0 Å². The minimum atomic E-state index is -0.360. The van der Waals surface area contributed by atoms with Gasteiger partial charge in [0.2, 0.25) is 0 Å². The Balaban J connectivity index is 1.27. The maximum Gasteiger partial charge on any atom is 0.165 e. The number of piperidine rings is 2. The smallest absolute Gasteiger partial charge is 0.165 e. The van der Waals surface area contributed by atoms with Crippen molar-refractivity contribution in [2.24, 2.45) is 5.92 Å². The summed E-state index contributed by atoms with van der Waals surface area (Å²) in [5, 5.41) is 3.53. The number of fused-ring (bicyclic) bond motifs is 1. The van der Waals surface area contributed by atoms with Gasteiger partial charge in [0.25, 0.3) is 0 Å². The van der Waals surface area contributed by atoms with Crippen LogP contribution in [0.15, 0.2) is 36.7 Å². The van der Waals surface area contributed by atoms with E-state index in [2.05, 4.69) is 33.8 Å². The number of ether oxygens (including phenoxy) is 1. The van der Waals surface area contributed by atoms with Gasteiger partial charge in [0.15, 0.2) is 11.6 Å². The summed E-state index contributed by atoms with van der Waals surface area (Å²) in [6.45, 7) is 5.69. The van der Waals surface area contributed by atoms with Crippen LogP contribution in [-0.4, -0.2) is 53.1 Å². The monoisotopic (exact) mass is 462 g/mol. The molecule has 0 bridgehead atoms. The second kappa shape index (κ2) is 8.97. The van der Waals surface area contributed by atoms with E-state index in [-0.39, 0.29) is 11.6 Å². The number of rotatable bonds is 5. The first-order valence-corrected chi connectivity index (χ1v) is 12.9. The van der Waals surface area contributed by atoms with Gasteiger partial charge in [-0.15, -0.1) is 0 Å². The first-order chi connectivity index (χ1) is 16.6. The first kappa shape index (κ1) is 22.1. The van der Waals surface area contributed by atoms with Gasteiger partial charge in [0.1, 0.15) is 5.65 Å². The highest BCUT2D eigenvalue weighted by molar-refractivity contribution is 5.65. The Morgan fingerprint density at radius 3 is 2.62 bits per heavy atom. The molecule has 4 heterocycles. The molecule has 6 rings (SSSR count). The lowest BCUT2D eigenvalue weighted by atomic mass is 9.82. The molecule has 1 aromatic carbocycles. The first-order valence-electron chi connectivity index (χ1n) is 12.9. The second-order valence-electron chi connectivity index (χ2n) is 10.5. The number of pyridine rings is 1. The molecule has 3 fully saturated rings. The van der Waals surface area contributed by atoms with Gasteiger partial charge in [0, 0.05) is 30.0 Å². The number of imidazole rings is 1. The average Bonchev–Trinajstić information content (AvgIpc) is 3.62. The third-order valence-electron chi connectivity index (χ3n) is 8.31. The number of hydrogen-bond acceptors (Lipinski definition) is 4. The van der Waals surface area contributed by atoms with E-state index in [1.165, 1.54) is 82.5 Å². The molecule has 180 valence electrons. The van der Waals surface area contributed by atoms with Gasteiger partial charge >= 0.3 is 0 Å². The summed E-state index contributed by atoms with van der Waals surface area (Å²) in [6, 6.07) is 8.89. The van der Waals surface area contributed by atoms with Gasteiger partial charge in [-0.05, 0) is 106 Å². The summed E-state index contributed by atoms with van der Waals surface area (Å²) in [6.07, 6.45) is 12.2. The predicted molar refractivity (Wildman–Crippen MR) is 133 cm³/mol. The standard InChI is InChI=1S/C28H35FN4O/c1-18-13-22(16-32-17-25(31-28(18)32)21-5-6-27(34-2)24(29)14-21)20-9-12-33(23-7-10-30-11-8-23)26(15-20)19-3-4-19/h5-6,13-14,16-17,19-20,23,26,30H,3-4,7-12,15H2,1-2H3/t20?,26-/m1/s1. The van der Waals surface area contributed by atoms with Gasteiger partial charge in [-0.25, -0.2) is 9.37 Å². The Morgan fingerprint density at radius 2 is 1.88 bits per heavy atom. The van der Waals surface area contributed by atoms with Crippen LogP contribution in [0.25, 0.3) is 16.9 Å². The number of hydrogen-bond donors (Lipinski definition) is 1. The minimum Gasteiger partial charge on any atom is -0.494 e. The molecule has 0 amide bonds. The molecule has 6 heteroatoms. The van der Waals surface area contributed by atoms with Crippen molar-refractivity contribution < 1.29 is 9.13 Å². The largest absolute Gasteiger partial charge is 0.494 e. The molecule has 2 saturated heterocycles. The van der Waals surface area contributed by atoms with Gasteiger partial charge in [-0.2, -0.15) is 0 Å². The van der Waals surface area contributed by atoms with Crippen LogP contribution in [0, 0.1) is 18.7 Å². The van der Waals surface area contributed by atoms with E-state index >= 15 is 0 Å². The molecular formula is C28H35FN4O. The van der Waals surface area contributed by atoms with Crippen LogP contribution in [0.1, 0.15) is 55.6 Å². The molecule has 1 unspecified atom stereocenters. The number of methoxy groups -OCH3 is 1. The summed E-state index contributed by atoms with van der Waals surface area (Å²) in [5.41, 5.74) is 5.11. The van der Waals surface area contributed by atoms with E-state index in [9.17, 15) is 4.39 Å². The highest BCUT2D eigenvalue weighted by atomic mass is 19.1. The summed E-state index contributed by atoms with van der Waals surface area (Å²) in [5.74, 6) is 1.39. The Labute approximate surface area is 201 Å². The molecule has 2 atom stereocenters. The van der Waals surface area contributed by atoms with Gasteiger partial charge < -0.3 is 14.5 Å². The molecule has 1 N–H and O–H groups in total. The van der Waals surface area contributed by atoms with Gasteiger partial charge in [0.05, 0.1) is 12.8 Å².